The van der Waals surface area contributed by atoms with Crippen molar-refractivity contribution >= 4 is 5.82 Å². The fourth-order valence-corrected chi connectivity index (χ4v) is 2.36. The summed E-state index contributed by atoms with van der Waals surface area (Å²) >= 11 is 0. The molecule has 3 N–H and O–H groups in total. The molecule has 18 heavy (non-hydrogen) atoms. The molecule has 0 aliphatic rings. The highest BCUT2D eigenvalue weighted by Gasteiger charge is 2.33. The monoisotopic (exact) mass is 250 g/mol. The third-order valence-corrected chi connectivity index (χ3v) is 4.12. The quantitative estimate of drug-likeness (QED) is 0.804. The van der Waals surface area contributed by atoms with Crippen LogP contribution in [0.1, 0.15) is 25.8 Å². The van der Waals surface area contributed by atoms with Crippen LogP contribution in [-0.4, -0.2) is 42.6 Å². The summed E-state index contributed by atoms with van der Waals surface area (Å²) in [6.07, 6.45) is 3.81. The normalized spacial score (nSPS) is 16.6. The molecule has 102 valence electrons. The van der Waals surface area contributed by atoms with Gasteiger partial charge in [0, 0.05) is 17.8 Å². The Balaban J connectivity index is 2.90. The predicted octanol–water partition coefficient (Wildman–Crippen LogP) is 1.52. The minimum atomic E-state index is 0.118. The number of nitrogen functional groups attached to an aromatic ring is 1. The summed E-state index contributed by atoms with van der Waals surface area (Å²) in [5.74, 6) is 0.588. The lowest BCUT2D eigenvalue weighted by molar-refractivity contribution is 0.116. The smallest absolute Gasteiger partial charge is 0.123 e. The first-order chi connectivity index (χ1) is 8.43. The van der Waals surface area contributed by atoms with E-state index in [1.165, 1.54) is 5.56 Å². The molecule has 0 aromatic carbocycles. The van der Waals surface area contributed by atoms with Gasteiger partial charge in [-0.3, -0.25) is 0 Å². The summed E-state index contributed by atoms with van der Waals surface area (Å²) in [4.78, 5) is 6.33. The van der Waals surface area contributed by atoms with Gasteiger partial charge in [0.15, 0.2) is 0 Å². The first-order valence-electron chi connectivity index (χ1n) is 6.49. The minimum absolute atomic E-state index is 0.118. The highest BCUT2D eigenvalue weighted by Crippen LogP contribution is 2.23. The number of likely N-dealkylation sites (N-methyl/N-ethyl adjacent to an activating group) is 2. The van der Waals surface area contributed by atoms with E-state index >= 15 is 0 Å². The number of hydrogen-bond donors (Lipinski definition) is 2. The van der Waals surface area contributed by atoms with Gasteiger partial charge in [0.05, 0.1) is 0 Å². The lowest BCUT2D eigenvalue weighted by Gasteiger charge is -2.42. The standard InChI is InChI=1S/C14H26N4/c1-6-14(2,18(4)5)12(16-3)9-11-7-8-17-13(15)10-11/h7-8,10,12,16H,6,9H2,1-5H3,(H2,15,17). The SMILES string of the molecule is CCC(C)(C(Cc1ccnc(N)c1)NC)N(C)C. The summed E-state index contributed by atoms with van der Waals surface area (Å²) in [6.45, 7) is 4.52. The molecule has 0 aliphatic carbocycles. The number of aromatic nitrogens is 1. The van der Waals surface area contributed by atoms with Crippen LogP contribution in [0.15, 0.2) is 18.3 Å². The first-order valence-corrected chi connectivity index (χ1v) is 6.49. The van der Waals surface area contributed by atoms with E-state index in [4.69, 9.17) is 5.73 Å². The van der Waals surface area contributed by atoms with E-state index in [9.17, 15) is 0 Å². The Labute approximate surface area is 111 Å². The van der Waals surface area contributed by atoms with Gasteiger partial charge in [-0.15, -0.1) is 0 Å². The number of anilines is 1. The summed E-state index contributed by atoms with van der Waals surface area (Å²) < 4.78 is 0. The minimum Gasteiger partial charge on any atom is -0.384 e. The van der Waals surface area contributed by atoms with E-state index in [0.29, 0.717) is 11.9 Å². The van der Waals surface area contributed by atoms with Crippen LogP contribution in [0.25, 0.3) is 0 Å². The molecule has 1 aromatic rings. The van der Waals surface area contributed by atoms with Crippen LogP contribution in [0, 0.1) is 0 Å². The number of nitrogens with one attached hydrogen (secondary N) is 1. The van der Waals surface area contributed by atoms with Gasteiger partial charge in [0.2, 0.25) is 0 Å². The van der Waals surface area contributed by atoms with Crippen molar-refractivity contribution < 1.29 is 0 Å². The highest BCUT2D eigenvalue weighted by molar-refractivity contribution is 5.32. The summed E-state index contributed by atoms with van der Waals surface area (Å²) in [5, 5.41) is 3.44. The molecule has 0 aliphatic heterocycles. The number of rotatable bonds is 6. The zero-order chi connectivity index (χ0) is 13.8. The van der Waals surface area contributed by atoms with Gasteiger partial charge in [-0.25, -0.2) is 4.98 Å². The summed E-state index contributed by atoms with van der Waals surface area (Å²) in [5.41, 5.74) is 7.08. The van der Waals surface area contributed by atoms with Gasteiger partial charge in [0.25, 0.3) is 0 Å². The maximum atomic E-state index is 5.74. The van der Waals surface area contributed by atoms with Crippen molar-refractivity contribution in [2.75, 3.05) is 26.9 Å². The first kappa shape index (κ1) is 14.9. The fourth-order valence-electron chi connectivity index (χ4n) is 2.36. The highest BCUT2D eigenvalue weighted by atomic mass is 15.2. The second-order valence-electron chi connectivity index (χ2n) is 5.24. The van der Waals surface area contributed by atoms with Gasteiger partial charge in [0.1, 0.15) is 5.82 Å². The molecule has 0 bridgehead atoms. The fraction of sp³-hybridized carbons (Fsp3) is 0.643. The summed E-state index contributed by atoms with van der Waals surface area (Å²) in [7, 11) is 6.29. The maximum Gasteiger partial charge on any atom is 0.123 e. The van der Waals surface area contributed by atoms with Crippen LogP contribution in [-0.2, 0) is 6.42 Å². The Morgan fingerprint density at radius 2 is 2.17 bits per heavy atom. The van der Waals surface area contributed by atoms with Crippen molar-refractivity contribution in [1.29, 1.82) is 0 Å². The van der Waals surface area contributed by atoms with Crippen molar-refractivity contribution in [2.45, 2.75) is 38.3 Å². The largest absolute Gasteiger partial charge is 0.384 e. The van der Waals surface area contributed by atoms with Crippen LogP contribution in [0.2, 0.25) is 0 Å². The molecule has 4 heteroatoms. The number of nitrogens with zero attached hydrogens (tertiary/aromatic N) is 2. The molecule has 0 saturated carbocycles. The molecule has 0 spiro atoms. The number of nitrogens with two attached hydrogens (primary N) is 1. The van der Waals surface area contributed by atoms with Crippen LogP contribution in [0.4, 0.5) is 5.82 Å². The van der Waals surface area contributed by atoms with Gasteiger partial charge in [-0.05, 0) is 58.6 Å². The molecule has 1 heterocycles. The van der Waals surface area contributed by atoms with Gasteiger partial charge < -0.3 is 16.0 Å². The lowest BCUT2D eigenvalue weighted by Crippen LogP contribution is -2.56. The topological polar surface area (TPSA) is 54.2 Å². The molecule has 0 radical (unpaired) electrons. The van der Waals surface area contributed by atoms with Gasteiger partial charge >= 0.3 is 0 Å². The molecular weight excluding hydrogens is 224 g/mol. The molecular formula is C14H26N4. The average Bonchev–Trinajstić information content (AvgIpc) is 2.34. The Morgan fingerprint density at radius 1 is 1.50 bits per heavy atom. The van der Waals surface area contributed by atoms with Crippen molar-refractivity contribution in [3.63, 3.8) is 0 Å². The number of pyridine rings is 1. The Bertz CT molecular complexity index is 378. The maximum absolute atomic E-state index is 5.74. The van der Waals surface area contributed by atoms with Gasteiger partial charge in [-0.1, -0.05) is 6.92 Å². The van der Waals surface area contributed by atoms with E-state index in [1.807, 2.05) is 19.2 Å². The van der Waals surface area contributed by atoms with Crippen molar-refractivity contribution in [2.24, 2.45) is 0 Å². The molecule has 2 atom stereocenters. The molecule has 2 unspecified atom stereocenters. The molecule has 0 saturated heterocycles. The lowest BCUT2D eigenvalue weighted by atomic mass is 9.84. The molecule has 0 fully saturated rings. The van der Waals surface area contributed by atoms with E-state index in [1.54, 1.807) is 6.20 Å². The third kappa shape index (κ3) is 3.21. The Morgan fingerprint density at radius 3 is 2.61 bits per heavy atom. The van der Waals surface area contributed by atoms with Crippen LogP contribution < -0.4 is 11.1 Å². The molecule has 1 rings (SSSR count). The van der Waals surface area contributed by atoms with Crippen LogP contribution in [0.3, 0.4) is 0 Å². The van der Waals surface area contributed by atoms with Crippen molar-refractivity contribution in [3.05, 3.63) is 23.9 Å². The van der Waals surface area contributed by atoms with E-state index in [0.717, 1.165) is 12.8 Å². The zero-order valence-electron chi connectivity index (χ0n) is 12.2. The van der Waals surface area contributed by atoms with Crippen LogP contribution in [0.5, 0.6) is 0 Å². The second kappa shape index (κ2) is 6.16. The summed E-state index contributed by atoms with van der Waals surface area (Å²) in [6, 6.07) is 4.36. The molecule has 1 aromatic heterocycles. The zero-order valence-corrected chi connectivity index (χ0v) is 12.2. The number of hydrogen-bond acceptors (Lipinski definition) is 4. The average molecular weight is 250 g/mol. The Hall–Kier alpha value is -1.13. The van der Waals surface area contributed by atoms with Crippen molar-refractivity contribution in [3.8, 4) is 0 Å². The second-order valence-corrected chi connectivity index (χ2v) is 5.24. The molecule has 0 amide bonds. The van der Waals surface area contributed by atoms with Gasteiger partial charge in [-0.2, -0.15) is 0 Å². The van der Waals surface area contributed by atoms with Crippen LogP contribution >= 0.6 is 0 Å². The molecule has 4 nitrogen and oxygen atoms in total. The van der Waals surface area contributed by atoms with E-state index < -0.39 is 0 Å². The third-order valence-electron chi connectivity index (χ3n) is 4.12. The van der Waals surface area contributed by atoms with E-state index in [-0.39, 0.29) is 5.54 Å². The Kier molecular flexibility index (Phi) is 5.11. The predicted molar refractivity (Wildman–Crippen MR) is 77.6 cm³/mol. The van der Waals surface area contributed by atoms with Crippen molar-refractivity contribution in [1.82, 2.24) is 15.2 Å². The van der Waals surface area contributed by atoms with E-state index in [2.05, 4.69) is 43.1 Å².